The summed E-state index contributed by atoms with van der Waals surface area (Å²) in [6, 6.07) is 1.22. The molecule has 5 rings (SSSR count). The van der Waals surface area contributed by atoms with Crippen LogP contribution >= 0.6 is 0 Å². The van der Waals surface area contributed by atoms with Crippen LogP contribution in [0.1, 0.15) is 28.9 Å². The number of alkyl halides is 3. The first-order valence-electron chi connectivity index (χ1n) is 7.90. The van der Waals surface area contributed by atoms with Gasteiger partial charge in [-0.05, 0) is 37.9 Å². The summed E-state index contributed by atoms with van der Waals surface area (Å²) in [5, 5.41) is 2.78. The number of nitrogens with zero attached hydrogens (tertiary/aromatic N) is 2. The number of pyridine rings is 1. The predicted molar refractivity (Wildman–Crippen MR) is 79.4 cm³/mol. The van der Waals surface area contributed by atoms with Gasteiger partial charge in [0.15, 0.2) is 11.3 Å². The Morgan fingerprint density at radius 1 is 1.33 bits per heavy atom. The van der Waals surface area contributed by atoms with Crippen LogP contribution < -0.4 is 5.32 Å². The molecule has 3 fully saturated rings. The lowest BCUT2D eigenvalue weighted by molar-refractivity contribution is -0.136. The zero-order chi connectivity index (χ0) is 16.9. The molecule has 5 heterocycles. The smallest absolute Gasteiger partial charge is 0.420 e. The van der Waals surface area contributed by atoms with Crippen LogP contribution in [0.25, 0.3) is 11.0 Å². The maximum absolute atomic E-state index is 13.0. The Morgan fingerprint density at radius 3 is 2.71 bits per heavy atom. The minimum absolute atomic E-state index is 0.00843. The van der Waals surface area contributed by atoms with E-state index in [2.05, 4.69) is 15.2 Å². The van der Waals surface area contributed by atoms with E-state index in [1.165, 1.54) is 12.3 Å². The zero-order valence-corrected chi connectivity index (χ0v) is 12.8. The lowest BCUT2D eigenvalue weighted by Crippen LogP contribution is -2.57. The molecule has 3 saturated heterocycles. The van der Waals surface area contributed by atoms with Gasteiger partial charge in [0.05, 0.1) is 0 Å². The van der Waals surface area contributed by atoms with Gasteiger partial charge in [-0.25, -0.2) is 4.98 Å². The number of nitrogens with one attached hydrogen (secondary N) is 1. The highest BCUT2D eigenvalue weighted by atomic mass is 19.4. The van der Waals surface area contributed by atoms with E-state index in [-0.39, 0.29) is 22.7 Å². The van der Waals surface area contributed by atoms with Gasteiger partial charge in [0.2, 0.25) is 0 Å². The van der Waals surface area contributed by atoms with E-state index in [1.807, 2.05) is 0 Å². The fourth-order valence-electron chi connectivity index (χ4n) is 3.71. The fraction of sp³-hybridized carbons (Fsp3) is 0.500. The number of aromatic nitrogens is 1. The third-order valence-corrected chi connectivity index (χ3v) is 4.98. The number of carbonyl (C=O) groups excluding carboxylic acids is 1. The van der Waals surface area contributed by atoms with Crippen molar-refractivity contribution in [1.82, 2.24) is 15.2 Å². The Bertz CT molecular complexity index is 778. The normalized spacial score (nSPS) is 26.7. The second kappa shape index (κ2) is 5.47. The van der Waals surface area contributed by atoms with Gasteiger partial charge >= 0.3 is 6.18 Å². The molecule has 0 aromatic carbocycles. The van der Waals surface area contributed by atoms with Crippen molar-refractivity contribution in [2.45, 2.75) is 25.1 Å². The average molecular weight is 339 g/mol. The first-order valence-corrected chi connectivity index (χ1v) is 7.90. The van der Waals surface area contributed by atoms with Gasteiger partial charge in [-0.3, -0.25) is 4.79 Å². The van der Waals surface area contributed by atoms with Crippen LogP contribution in [0.4, 0.5) is 13.2 Å². The van der Waals surface area contributed by atoms with Gasteiger partial charge in [-0.15, -0.1) is 0 Å². The minimum Gasteiger partial charge on any atom is -0.461 e. The number of hydrogen-bond acceptors (Lipinski definition) is 4. The molecule has 3 aliphatic heterocycles. The summed E-state index contributed by atoms with van der Waals surface area (Å²) in [5.74, 6) is -0.0667. The highest BCUT2D eigenvalue weighted by molar-refractivity contribution is 6.03. The van der Waals surface area contributed by atoms with E-state index < -0.39 is 17.6 Å². The molecule has 1 atom stereocenters. The number of fused-ring (bicyclic) bond motifs is 4. The maximum atomic E-state index is 13.0. The number of halogens is 3. The van der Waals surface area contributed by atoms with E-state index in [4.69, 9.17) is 4.42 Å². The molecule has 0 aliphatic carbocycles. The second-order valence-corrected chi connectivity index (χ2v) is 6.40. The Labute approximate surface area is 135 Å². The van der Waals surface area contributed by atoms with Crippen molar-refractivity contribution < 1.29 is 22.4 Å². The van der Waals surface area contributed by atoms with Gasteiger partial charge in [-0.2, -0.15) is 13.2 Å². The molecule has 3 aliphatic rings. The third kappa shape index (κ3) is 2.54. The molecular weight excluding hydrogens is 323 g/mol. The molecular formula is C16H16F3N3O2. The minimum atomic E-state index is -4.53. The van der Waals surface area contributed by atoms with Crippen LogP contribution in [0.2, 0.25) is 0 Å². The van der Waals surface area contributed by atoms with Gasteiger partial charge in [0, 0.05) is 24.2 Å². The standard InChI is InChI=1S/C16H16F3N3O2/c17-16(18,19)11-8-24-14-10(11)1-4-20-13(14)15(23)21-12-7-22-5-2-9(12)3-6-22/h1,4,8-9,12H,2-3,5-7H2,(H,21,23)/t12-/m0/s1. The van der Waals surface area contributed by atoms with Crippen molar-refractivity contribution in [3.8, 4) is 0 Å². The lowest BCUT2D eigenvalue weighted by Gasteiger charge is -2.44. The molecule has 1 amide bonds. The predicted octanol–water partition coefficient (Wildman–Crippen LogP) is 2.67. The van der Waals surface area contributed by atoms with E-state index >= 15 is 0 Å². The quantitative estimate of drug-likeness (QED) is 0.914. The fourth-order valence-corrected chi connectivity index (χ4v) is 3.71. The van der Waals surface area contributed by atoms with Crippen molar-refractivity contribution in [1.29, 1.82) is 0 Å². The molecule has 128 valence electrons. The summed E-state index contributed by atoms with van der Waals surface area (Å²) in [6.45, 7) is 2.86. The molecule has 0 radical (unpaired) electrons. The molecule has 2 bridgehead atoms. The molecule has 5 nitrogen and oxygen atoms in total. The van der Waals surface area contributed by atoms with E-state index in [0.717, 1.165) is 32.5 Å². The summed E-state index contributed by atoms with van der Waals surface area (Å²) in [7, 11) is 0. The van der Waals surface area contributed by atoms with Crippen molar-refractivity contribution in [3.05, 3.63) is 29.8 Å². The molecule has 8 heteroatoms. The Kier molecular flexibility index (Phi) is 3.52. The topological polar surface area (TPSA) is 58.4 Å². The summed E-state index contributed by atoms with van der Waals surface area (Å²) >= 11 is 0. The number of amides is 1. The molecule has 24 heavy (non-hydrogen) atoms. The summed E-state index contributed by atoms with van der Waals surface area (Å²) in [4.78, 5) is 18.8. The van der Waals surface area contributed by atoms with E-state index in [9.17, 15) is 18.0 Å². The molecule has 0 unspecified atom stereocenters. The number of piperidine rings is 3. The van der Waals surface area contributed by atoms with Crippen molar-refractivity contribution >= 4 is 16.9 Å². The zero-order valence-electron chi connectivity index (χ0n) is 12.8. The van der Waals surface area contributed by atoms with Crippen molar-refractivity contribution in [3.63, 3.8) is 0 Å². The molecule has 1 N–H and O–H groups in total. The molecule has 2 aromatic heterocycles. The van der Waals surface area contributed by atoms with Crippen LogP contribution in [0.15, 0.2) is 22.9 Å². The third-order valence-electron chi connectivity index (χ3n) is 4.98. The highest BCUT2D eigenvalue weighted by Crippen LogP contribution is 2.36. The number of hydrogen-bond donors (Lipinski definition) is 1. The van der Waals surface area contributed by atoms with Crippen LogP contribution in [0.5, 0.6) is 0 Å². The van der Waals surface area contributed by atoms with Crippen LogP contribution in [-0.4, -0.2) is 41.5 Å². The van der Waals surface area contributed by atoms with Gasteiger partial charge in [0.1, 0.15) is 11.8 Å². The first-order chi connectivity index (χ1) is 11.4. The number of furan rings is 1. The van der Waals surface area contributed by atoms with E-state index in [0.29, 0.717) is 12.2 Å². The van der Waals surface area contributed by atoms with Crippen molar-refractivity contribution in [2.75, 3.05) is 19.6 Å². The number of rotatable bonds is 2. The molecule has 2 aromatic rings. The second-order valence-electron chi connectivity index (χ2n) is 6.40. The Balaban J connectivity index is 1.62. The van der Waals surface area contributed by atoms with Crippen LogP contribution in [0.3, 0.4) is 0 Å². The van der Waals surface area contributed by atoms with E-state index in [1.54, 1.807) is 0 Å². The van der Waals surface area contributed by atoms with Crippen LogP contribution in [-0.2, 0) is 6.18 Å². The van der Waals surface area contributed by atoms with Gasteiger partial charge in [0.25, 0.3) is 5.91 Å². The Hall–Kier alpha value is -2.09. The maximum Gasteiger partial charge on any atom is 0.420 e. The largest absolute Gasteiger partial charge is 0.461 e. The average Bonchev–Trinajstić information content (AvgIpc) is 3.00. The van der Waals surface area contributed by atoms with Crippen molar-refractivity contribution in [2.24, 2.45) is 5.92 Å². The monoisotopic (exact) mass is 339 g/mol. The highest BCUT2D eigenvalue weighted by Gasteiger charge is 2.37. The lowest BCUT2D eigenvalue weighted by atomic mass is 9.84. The molecule has 0 spiro atoms. The SMILES string of the molecule is O=C(N[C@H]1CN2CCC1CC2)c1nccc2c(C(F)(F)F)coc12. The Morgan fingerprint density at radius 2 is 2.08 bits per heavy atom. The summed E-state index contributed by atoms with van der Waals surface area (Å²) in [6.07, 6.45) is -0.630. The number of carbonyl (C=O) groups is 1. The van der Waals surface area contributed by atoms with Crippen LogP contribution in [0, 0.1) is 5.92 Å². The van der Waals surface area contributed by atoms with Gasteiger partial charge < -0.3 is 14.6 Å². The first kappa shape index (κ1) is 15.4. The molecule has 0 saturated carbocycles. The summed E-state index contributed by atoms with van der Waals surface area (Å²) in [5.41, 5.74) is -1.11. The summed E-state index contributed by atoms with van der Waals surface area (Å²) < 4.78 is 43.9. The van der Waals surface area contributed by atoms with Gasteiger partial charge in [-0.1, -0.05) is 0 Å².